The smallest absolute Gasteiger partial charge is 0.237 e. The van der Waals surface area contributed by atoms with Crippen LogP contribution in [0.15, 0.2) is 77.7 Å². The van der Waals surface area contributed by atoms with E-state index >= 15 is 0 Å². The van der Waals surface area contributed by atoms with Gasteiger partial charge in [0.2, 0.25) is 11.8 Å². The first-order valence-corrected chi connectivity index (χ1v) is 11.3. The summed E-state index contributed by atoms with van der Waals surface area (Å²) in [5.74, 6) is -0.0708. The number of carbonyl (C=O) groups excluding carboxylic acids is 2. The Morgan fingerprint density at radius 1 is 0.903 bits per heavy atom. The number of amides is 2. The lowest BCUT2D eigenvalue weighted by molar-refractivity contribution is -0.116. The molecule has 0 radical (unpaired) electrons. The maximum Gasteiger partial charge on any atom is 0.237 e. The molecule has 0 aromatic heterocycles. The Hall–Kier alpha value is -3.05. The second kappa shape index (κ2) is 10.8. The van der Waals surface area contributed by atoms with E-state index < -0.39 is 0 Å². The molecule has 31 heavy (non-hydrogen) atoms. The van der Waals surface area contributed by atoms with E-state index in [1.165, 1.54) is 11.8 Å². The predicted molar refractivity (Wildman–Crippen MR) is 130 cm³/mol. The zero-order chi connectivity index (χ0) is 22.2. The van der Waals surface area contributed by atoms with Crippen LogP contribution >= 0.6 is 11.8 Å². The largest absolute Gasteiger partial charge is 0.326 e. The first-order valence-electron chi connectivity index (χ1n) is 10.5. The SMILES string of the molecule is CCc1cccc(C)c1NC(=O)C(C)Sc1ccc(NC(=O)Cc2ccccc2)cc1. The molecule has 0 saturated heterocycles. The third-order valence-electron chi connectivity index (χ3n) is 5.02. The van der Waals surface area contributed by atoms with Gasteiger partial charge in [-0.15, -0.1) is 11.8 Å². The minimum Gasteiger partial charge on any atom is -0.326 e. The molecule has 1 atom stereocenters. The van der Waals surface area contributed by atoms with Crippen LogP contribution in [0, 0.1) is 6.92 Å². The number of anilines is 2. The Morgan fingerprint density at radius 3 is 2.29 bits per heavy atom. The van der Waals surface area contributed by atoms with E-state index in [-0.39, 0.29) is 17.1 Å². The molecule has 0 aliphatic heterocycles. The van der Waals surface area contributed by atoms with Gasteiger partial charge in [-0.3, -0.25) is 9.59 Å². The summed E-state index contributed by atoms with van der Waals surface area (Å²) in [5, 5.41) is 5.76. The molecule has 0 fully saturated rings. The molecule has 2 N–H and O–H groups in total. The van der Waals surface area contributed by atoms with Crippen molar-refractivity contribution in [2.24, 2.45) is 0 Å². The van der Waals surface area contributed by atoms with Crippen LogP contribution in [-0.2, 0) is 22.4 Å². The van der Waals surface area contributed by atoms with Crippen LogP contribution in [0.1, 0.15) is 30.5 Å². The highest BCUT2D eigenvalue weighted by atomic mass is 32.2. The van der Waals surface area contributed by atoms with E-state index in [0.717, 1.165) is 39.4 Å². The fourth-order valence-electron chi connectivity index (χ4n) is 3.29. The normalized spacial score (nSPS) is 11.6. The average molecular weight is 433 g/mol. The number of thioether (sulfide) groups is 1. The van der Waals surface area contributed by atoms with Gasteiger partial charge in [-0.25, -0.2) is 0 Å². The summed E-state index contributed by atoms with van der Waals surface area (Å²) in [6, 6.07) is 23.3. The summed E-state index contributed by atoms with van der Waals surface area (Å²) >= 11 is 1.50. The van der Waals surface area contributed by atoms with Crippen LogP contribution in [0.3, 0.4) is 0 Å². The zero-order valence-corrected chi connectivity index (χ0v) is 19.0. The molecule has 0 spiro atoms. The van der Waals surface area contributed by atoms with E-state index in [4.69, 9.17) is 0 Å². The van der Waals surface area contributed by atoms with Gasteiger partial charge in [0.25, 0.3) is 0 Å². The molecule has 1 unspecified atom stereocenters. The predicted octanol–water partition coefficient (Wildman–Crippen LogP) is 5.86. The summed E-state index contributed by atoms with van der Waals surface area (Å²) in [7, 11) is 0. The Balaban J connectivity index is 1.55. The Bertz CT molecular complexity index is 1030. The molecule has 3 aromatic rings. The zero-order valence-electron chi connectivity index (χ0n) is 18.1. The van der Waals surface area contributed by atoms with Gasteiger partial charge in [-0.05, 0) is 61.2 Å². The maximum atomic E-state index is 12.7. The Kier molecular flexibility index (Phi) is 7.90. The van der Waals surface area contributed by atoms with Crippen LogP contribution < -0.4 is 10.6 Å². The van der Waals surface area contributed by atoms with Crippen molar-refractivity contribution < 1.29 is 9.59 Å². The highest BCUT2D eigenvalue weighted by Crippen LogP contribution is 2.27. The van der Waals surface area contributed by atoms with E-state index in [1.54, 1.807) is 0 Å². The number of para-hydroxylation sites is 1. The van der Waals surface area contributed by atoms with Crippen LogP contribution in [0.25, 0.3) is 0 Å². The minimum absolute atomic E-state index is 0.0192. The van der Waals surface area contributed by atoms with Gasteiger partial charge in [0.05, 0.1) is 11.7 Å². The third kappa shape index (κ3) is 6.46. The van der Waals surface area contributed by atoms with Gasteiger partial charge in [-0.2, -0.15) is 0 Å². The van der Waals surface area contributed by atoms with Crippen LogP contribution in [-0.4, -0.2) is 17.1 Å². The minimum atomic E-state index is -0.247. The van der Waals surface area contributed by atoms with Gasteiger partial charge in [0.1, 0.15) is 0 Å². The molecular weight excluding hydrogens is 404 g/mol. The molecule has 0 saturated carbocycles. The standard InChI is InChI=1S/C26H28N2O2S/c1-4-21-12-8-9-18(2)25(21)28-26(30)19(3)31-23-15-13-22(14-16-23)27-24(29)17-20-10-6-5-7-11-20/h5-16,19H,4,17H2,1-3H3,(H,27,29)(H,28,30). The summed E-state index contributed by atoms with van der Waals surface area (Å²) in [6.45, 7) is 6.00. The average Bonchev–Trinajstić information content (AvgIpc) is 2.77. The van der Waals surface area contributed by atoms with E-state index in [0.29, 0.717) is 6.42 Å². The molecule has 0 aliphatic rings. The summed E-state index contributed by atoms with van der Waals surface area (Å²) < 4.78 is 0. The number of aryl methyl sites for hydroxylation is 2. The van der Waals surface area contributed by atoms with Gasteiger partial charge in [-0.1, -0.05) is 55.5 Å². The molecule has 0 aliphatic carbocycles. The molecular formula is C26H28N2O2S. The van der Waals surface area contributed by atoms with Gasteiger partial charge in [0, 0.05) is 16.3 Å². The second-order valence-corrected chi connectivity index (χ2v) is 8.86. The van der Waals surface area contributed by atoms with Crippen molar-refractivity contribution in [2.45, 2.75) is 43.8 Å². The summed E-state index contributed by atoms with van der Waals surface area (Å²) in [4.78, 5) is 25.9. The third-order valence-corrected chi connectivity index (χ3v) is 6.13. The van der Waals surface area contributed by atoms with Crippen molar-refractivity contribution in [2.75, 3.05) is 10.6 Å². The maximum absolute atomic E-state index is 12.7. The summed E-state index contributed by atoms with van der Waals surface area (Å²) in [5.41, 5.74) is 4.85. The van der Waals surface area contributed by atoms with Gasteiger partial charge < -0.3 is 10.6 Å². The molecule has 0 heterocycles. The molecule has 5 heteroatoms. The van der Waals surface area contributed by atoms with Gasteiger partial charge >= 0.3 is 0 Å². The van der Waals surface area contributed by atoms with Crippen molar-refractivity contribution in [1.29, 1.82) is 0 Å². The first kappa shape index (κ1) is 22.6. The molecule has 160 valence electrons. The van der Waals surface area contributed by atoms with Crippen LogP contribution in [0.2, 0.25) is 0 Å². The lowest BCUT2D eigenvalue weighted by Gasteiger charge is -2.16. The fourth-order valence-corrected chi connectivity index (χ4v) is 4.16. The van der Waals surface area contributed by atoms with Crippen LogP contribution in [0.4, 0.5) is 11.4 Å². The number of hydrogen-bond donors (Lipinski definition) is 2. The number of nitrogens with one attached hydrogen (secondary N) is 2. The lowest BCUT2D eigenvalue weighted by atomic mass is 10.1. The topological polar surface area (TPSA) is 58.2 Å². The molecule has 2 amide bonds. The number of hydrogen-bond acceptors (Lipinski definition) is 3. The van der Waals surface area contributed by atoms with E-state index in [1.807, 2.05) is 86.6 Å². The monoisotopic (exact) mass is 432 g/mol. The van der Waals surface area contributed by atoms with Crippen LogP contribution in [0.5, 0.6) is 0 Å². The number of rotatable bonds is 8. The fraction of sp³-hybridized carbons (Fsp3) is 0.231. The van der Waals surface area contributed by atoms with Crippen molar-refractivity contribution in [3.63, 3.8) is 0 Å². The summed E-state index contributed by atoms with van der Waals surface area (Å²) in [6.07, 6.45) is 1.21. The molecule has 0 bridgehead atoms. The van der Waals surface area contributed by atoms with E-state index in [2.05, 4.69) is 17.6 Å². The number of carbonyl (C=O) groups is 2. The van der Waals surface area contributed by atoms with Crippen molar-refractivity contribution in [3.05, 3.63) is 89.5 Å². The van der Waals surface area contributed by atoms with Crippen molar-refractivity contribution in [3.8, 4) is 0 Å². The van der Waals surface area contributed by atoms with Crippen molar-refractivity contribution in [1.82, 2.24) is 0 Å². The molecule has 3 aromatic carbocycles. The van der Waals surface area contributed by atoms with Crippen molar-refractivity contribution >= 4 is 35.0 Å². The highest BCUT2D eigenvalue weighted by molar-refractivity contribution is 8.00. The number of benzene rings is 3. The molecule has 3 rings (SSSR count). The quantitative estimate of drug-likeness (QED) is 0.439. The lowest BCUT2D eigenvalue weighted by Crippen LogP contribution is -2.23. The Labute approximate surface area is 188 Å². The molecule has 4 nitrogen and oxygen atoms in total. The second-order valence-electron chi connectivity index (χ2n) is 7.45. The van der Waals surface area contributed by atoms with Gasteiger partial charge in [0.15, 0.2) is 0 Å². The highest BCUT2D eigenvalue weighted by Gasteiger charge is 2.17. The van der Waals surface area contributed by atoms with E-state index in [9.17, 15) is 9.59 Å². The first-order chi connectivity index (χ1) is 15.0. The Morgan fingerprint density at radius 2 is 1.61 bits per heavy atom.